The smallest absolute Gasteiger partial charge is 0.347 e. The number of nitrogens with zero attached hydrogens (tertiary/aromatic N) is 1. The highest BCUT2D eigenvalue weighted by Crippen LogP contribution is 2.21. The molecule has 0 aliphatic heterocycles. The van der Waals surface area contributed by atoms with Crippen molar-refractivity contribution in [2.75, 3.05) is 0 Å². The molecule has 100 valence electrons. The number of aromatic carboxylic acids is 1. The molecule has 0 bridgehead atoms. The van der Waals surface area contributed by atoms with Gasteiger partial charge in [-0.1, -0.05) is 25.1 Å². The molecule has 0 fully saturated rings. The Labute approximate surface area is 115 Å². The number of ether oxygens (including phenoxy) is 1. The predicted molar refractivity (Wildman–Crippen MR) is 73.8 cm³/mol. The summed E-state index contributed by atoms with van der Waals surface area (Å²) in [7, 11) is 0. The second-order valence-electron chi connectivity index (χ2n) is 4.04. The zero-order chi connectivity index (χ0) is 13.7. The average Bonchev–Trinajstić information content (AvgIpc) is 2.81. The molecule has 0 amide bonds. The first kappa shape index (κ1) is 13.5. The van der Waals surface area contributed by atoms with Gasteiger partial charge in [0.15, 0.2) is 0 Å². The normalized spacial score (nSPS) is 10.4. The highest BCUT2D eigenvalue weighted by Gasteiger charge is 2.17. The van der Waals surface area contributed by atoms with E-state index >= 15 is 0 Å². The number of hydrogen-bond acceptors (Lipinski definition) is 4. The molecular formula is C14H15NO3S. The lowest BCUT2D eigenvalue weighted by molar-refractivity contribution is 0.0699. The van der Waals surface area contributed by atoms with Crippen molar-refractivity contribution in [2.24, 2.45) is 0 Å². The molecule has 0 unspecified atom stereocenters. The highest BCUT2D eigenvalue weighted by atomic mass is 32.1. The van der Waals surface area contributed by atoms with E-state index in [2.05, 4.69) is 4.98 Å². The van der Waals surface area contributed by atoms with E-state index < -0.39 is 5.97 Å². The summed E-state index contributed by atoms with van der Waals surface area (Å²) in [5.41, 5.74) is 0.504. The molecule has 0 atom stereocenters. The molecular weight excluding hydrogens is 262 g/mol. The van der Waals surface area contributed by atoms with Gasteiger partial charge in [-0.05, 0) is 25.0 Å². The molecule has 2 aromatic rings. The molecule has 1 aromatic carbocycles. The number of thiazole rings is 1. The van der Waals surface area contributed by atoms with E-state index in [1.807, 2.05) is 37.3 Å². The minimum absolute atomic E-state index is 0.186. The Morgan fingerprint density at radius 1 is 1.37 bits per heavy atom. The van der Waals surface area contributed by atoms with Crippen LogP contribution in [0.1, 0.15) is 33.7 Å². The summed E-state index contributed by atoms with van der Waals surface area (Å²) in [5, 5.41) is 10.0. The first-order chi connectivity index (χ1) is 9.20. The molecule has 1 N–H and O–H groups in total. The van der Waals surface area contributed by atoms with Crippen molar-refractivity contribution in [3.05, 3.63) is 45.9 Å². The molecule has 2 rings (SSSR count). The van der Waals surface area contributed by atoms with Crippen molar-refractivity contribution in [1.82, 2.24) is 4.98 Å². The van der Waals surface area contributed by atoms with Crippen LogP contribution in [-0.2, 0) is 13.0 Å². The predicted octanol–water partition coefficient (Wildman–Crippen LogP) is 3.37. The molecule has 0 aliphatic carbocycles. The van der Waals surface area contributed by atoms with Crippen LogP contribution in [0, 0.1) is 0 Å². The SMILES string of the molecule is CCCc1nc(COc2ccccc2)c(C(=O)O)s1. The number of carbonyl (C=O) groups is 1. The fourth-order valence-electron chi connectivity index (χ4n) is 1.65. The summed E-state index contributed by atoms with van der Waals surface area (Å²) < 4.78 is 5.56. The van der Waals surface area contributed by atoms with E-state index in [-0.39, 0.29) is 11.5 Å². The van der Waals surface area contributed by atoms with Crippen molar-refractivity contribution in [2.45, 2.75) is 26.4 Å². The van der Waals surface area contributed by atoms with Crippen LogP contribution in [0.4, 0.5) is 0 Å². The number of aromatic nitrogens is 1. The van der Waals surface area contributed by atoms with Gasteiger partial charge in [0.2, 0.25) is 0 Å². The molecule has 0 radical (unpaired) electrons. The Hall–Kier alpha value is -1.88. The van der Waals surface area contributed by atoms with Crippen molar-refractivity contribution >= 4 is 17.3 Å². The van der Waals surface area contributed by atoms with Crippen molar-refractivity contribution in [1.29, 1.82) is 0 Å². The zero-order valence-electron chi connectivity index (χ0n) is 10.6. The van der Waals surface area contributed by atoms with Crippen LogP contribution in [0.15, 0.2) is 30.3 Å². The van der Waals surface area contributed by atoms with E-state index in [1.54, 1.807) is 0 Å². The molecule has 19 heavy (non-hydrogen) atoms. The summed E-state index contributed by atoms with van der Waals surface area (Å²) in [4.78, 5) is 15.8. The second-order valence-corrected chi connectivity index (χ2v) is 5.12. The average molecular weight is 277 g/mol. The number of hydrogen-bond donors (Lipinski definition) is 1. The summed E-state index contributed by atoms with van der Waals surface area (Å²) in [5.74, 6) is -0.226. The van der Waals surface area contributed by atoms with Gasteiger partial charge in [-0.3, -0.25) is 0 Å². The lowest BCUT2D eigenvalue weighted by Crippen LogP contribution is -2.03. The molecule has 5 heteroatoms. The van der Waals surface area contributed by atoms with Crippen LogP contribution in [0.25, 0.3) is 0 Å². The first-order valence-electron chi connectivity index (χ1n) is 6.10. The fourth-order valence-corrected chi connectivity index (χ4v) is 2.66. The van der Waals surface area contributed by atoms with E-state index in [4.69, 9.17) is 9.84 Å². The van der Waals surface area contributed by atoms with Crippen LogP contribution in [-0.4, -0.2) is 16.1 Å². The molecule has 0 spiro atoms. The van der Waals surface area contributed by atoms with Gasteiger partial charge in [0.25, 0.3) is 0 Å². The molecule has 4 nitrogen and oxygen atoms in total. The van der Waals surface area contributed by atoms with Gasteiger partial charge in [0.05, 0.1) is 5.01 Å². The summed E-state index contributed by atoms with van der Waals surface area (Å²) >= 11 is 1.24. The minimum Gasteiger partial charge on any atom is -0.487 e. The molecule has 0 saturated heterocycles. The maximum absolute atomic E-state index is 11.2. The lowest BCUT2D eigenvalue weighted by Gasteiger charge is -2.04. The van der Waals surface area contributed by atoms with Crippen LogP contribution in [0.3, 0.4) is 0 Å². The largest absolute Gasteiger partial charge is 0.487 e. The van der Waals surface area contributed by atoms with E-state index in [0.717, 1.165) is 17.8 Å². The summed E-state index contributed by atoms with van der Waals surface area (Å²) in [6.07, 6.45) is 1.75. The Balaban J connectivity index is 2.12. The van der Waals surface area contributed by atoms with Crippen LogP contribution >= 0.6 is 11.3 Å². The van der Waals surface area contributed by atoms with E-state index in [0.29, 0.717) is 11.4 Å². The standard InChI is InChI=1S/C14H15NO3S/c1-2-6-12-15-11(13(19-12)14(16)17)9-18-10-7-4-3-5-8-10/h3-5,7-8H,2,6,9H2,1H3,(H,16,17). The van der Waals surface area contributed by atoms with Gasteiger partial charge in [-0.15, -0.1) is 11.3 Å². The Morgan fingerprint density at radius 2 is 2.11 bits per heavy atom. The van der Waals surface area contributed by atoms with Gasteiger partial charge >= 0.3 is 5.97 Å². The molecule has 0 saturated carbocycles. The van der Waals surface area contributed by atoms with Crippen LogP contribution in [0.2, 0.25) is 0 Å². The number of benzene rings is 1. The van der Waals surface area contributed by atoms with Crippen LogP contribution < -0.4 is 4.74 Å². The lowest BCUT2D eigenvalue weighted by atomic mass is 10.3. The first-order valence-corrected chi connectivity index (χ1v) is 6.92. The van der Waals surface area contributed by atoms with Crippen molar-refractivity contribution < 1.29 is 14.6 Å². The van der Waals surface area contributed by atoms with Crippen molar-refractivity contribution in [3.63, 3.8) is 0 Å². The quantitative estimate of drug-likeness (QED) is 0.879. The number of aryl methyl sites for hydroxylation is 1. The zero-order valence-corrected chi connectivity index (χ0v) is 11.4. The van der Waals surface area contributed by atoms with E-state index in [9.17, 15) is 4.79 Å². The van der Waals surface area contributed by atoms with Gasteiger partial charge < -0.3 is 9.84 Å². The molecule has 1 aromatic heterocycles. The Morgan fingerprint density at radius 3 is 2.74 bits per heavy atom. The molecule has 0 aliphatic rings. The third kappa shape index (κ3) is 3.54. The fraction of sp³-hybridized carbons (Fsp3) is 0.286. The molecule has 1 heterocycles. The third-order valence-electron chi connectivity index (χ3n) is 2.52. The summed E-state index contributed by atoms with van der Waals surface area (Å²) in [6.45, 7) is 2.23. The monoisotopic (exact) mass is 277 g/mol. The topological polar surface area (TPSA) is 59.4 Å². The maximum Gasteiger partial charge on any atom is 0.347 e. The Kier molecular flexibility index (Phi) is 4.52. The van der Waals surface area contributed by atoms with Gasteiger partial charge in [-0.25, -0.2) is 9.78 Å². The van der Waals surface area contributed by atoms with E-state index in [1.165, 1.54) is 11.3 Å². The van der Waals surface area contributed by atoms with Crippen LogP contribution in [0.5, 0.6) is 5.75 Å². The minimum atomic E-state index is -0.938. The summed E-state index contributed by atoms with van der Waals surface area (Å²) in [6, 6.07) is 9.31. The van der Waals surface area contributed by atoms with Gasteiger partial charge in [0.1, 0.15) is 22.9 Å². The number of rotatable bonds is 6. The Bertz CT molecular complexity index is 551. The van der Waals surface area contributed by atoms with Gasteiger partial charge in [0, 0.05) is 0 Å². The number of para-hydroxylation sites is 1. The number of carboxylic acid groups (broad SMARTS) is 1. The highest BCUT2D eigenvalue weighted by molar-refractivity contribution is 7.13. The number of carboxylic acids is 1. The maximum atomic E-state index is 11.2. The van der Waals surface area contributed by atoms with Crippen molar-refractivity contribution in [3.8, 4) is 5.75 Å². The van der Waals surface area contributed by atoms with Gasteiger partial charge in [-0.2, -0.15) is 0 Å². The second kappa shape index (κ2) is 6.33. The third-order valence-corrected chi connectivity index (χ3v) is 3.66.